The predicted molar refractivity (Wildman–Crippen MR) is 273 cm³/mol. The highest BCUT2D eigenvalue weighted by Crippen LogP contribution is 2.46. The summed E-state index contributed by atoms with van der Waals surface area (Å²) in [5.41, 5.74) is 24.0. The van der Waals surface area contributed by atoms with Gasteiger partial charge in [0.25, 0.3) is 0 Å². The van der Waals surface area contributed by atoms with Gasteiger partial charge in [-0.1, -0.05) is 135 Å². The summed E-state index contributed by atoms with van der Waals surface area (Å²) in [6, 6.07) is 39.9. The van der Waals surface area contributed by atoms with Crippen molar-refractivity contribution in [2.45, 2.75) is 83.5 Å². The lowest BCUT2D eigenvalue weighted by atomic mass is 9.92. The summed E-state index contributed by atoms with van der Waals surface area (Å²) < 4.78 is 20.8. The summed E-state index contributed by atoms with van der Waals surface area (Å²) in [7, 11) is 0. The van der Waals surface area contributed by atoms with Gasteiger partial charge in [0.15, 0.2) is 5.96 Å². The highest BCUT2D eigenvalue weighted by molar-refractivity contribution is 6.09. The molecule has 7 aromatic rings. The maximum Gasteiger partial charge on any atom is 0.407 e. The van der Waals surface area contributed by atoms with Crippen LogP contribution in [0.2, 0.25) is 0 Å². The summed E-state index contributed by atoms with van der Waals surface area (Å²) in [4.78, 5) is 31.8. The monoisotopic (exact) mass is 929 g/mol. The van der Waals surface area contributed by atoms with Gasteiger partial charge in [0.05, 0.1) is 19.3 Å². The van der Waals surface area contributed by atoms with Gasteiger partial charge in [-0.05, 0) is 100 Å². The fourth-order valence-electron chi connectivity index (χ4n) is 9.14. The fourth-order valence-corrected chi connectivity index (χ4v) is 9.14. The first-order chi connectivity index (χ1) is 33.7. The van der Waals surface area contributed by atoms with Gasteiger partial charge in [0.1, 0.15) is 36.4 Å². The van der Waals surface area contributed by atoms with Crippen molar-refractivity contribution in [1.29, 1.82) is 0 Å². The van der Waals surface area contributed by atoms with E-state index in [0.717, 1.165) is 79.9 Å². The molecule has 6 aromatic carbocycles. The molecule has 14 nitrogen and oxygen atoms in total. The molecule has 0 saturated heterocycles. The molecule has 0 radical (unpaired) electrons. The number of rotatable bonds is 23. The van der Waals surface area contributed by atoms with E-state index in [0.29, 0.717) is 49.9 Å². The van der Waals surface area contributed by atoms with E-state index in [9.17, 15) is 9.59 Å². The quantitative estimate of drug-likeness (QED) is 0.0234. The van der Waals surface area contributed by atoms with Crippen LogP contribution in [0.4, 0.5) is 4.79 Å². The number of carbonyl (C=O) groups is 2. The Labute approximate surface area is 403 Å². The molecule has 358 valence electrons. The van der Waals surface area contributed by atoms with Gasteiger partial charge in [0.2, 0.25) is 5.91 Å². The topological polar surface area (TPSA) is 207 Å². The Bertz CT molecular complexity index is 2850. The summed E-state index contributed by atoms with van der Waals surface area (Å²) in [5.74, 6) is 1.45. The number of fused-ring (bicyclic) bond motifs is 5. The minimum absolute atomic E-state index is 0.0446. The van der Waals surface area contributed by atoms with Gasteiger partial charge in [0, 0.05) is 29.6 Å². The largest absolute Gasteiger partial charge is 0.493 e. The maximum atomic E-state index is 14.2. The van der Waals surface area contributed by atoms with E-state index in [1.165, 1.54) is 0 Å². The number of aliphatic imine (C=N–C) groups is 1. The molecule has 2 amide bonds. The van der Waals surface area contributed by atoms with Crippen molar-refractivity contribution < 1.29 is 23.8 Å². The minimum atomic E-state index is -0.925. The maximum absolute atomic E-state index is 14.2. The van der Waals surface area contributed by atoms with Crippen LogP contribution in [0, 0.1) is 5.92 Å². The Hall–Kier alpha value is -7.45. The second-order valence-electron chi connectivity index (χ2n) is 18.0. The van der Waals surface area contributed by atoms with Crippen molar-refractivity contribution in [2.75, 3.05) is 26.3 Å². The van der Waals surface area contributed by atoms with Crippen LogP contribution in [0.3, 0.4) is 0 Å². The number of hydrogen-bond acceptors (Lipinski definition) is 9. The molecule has 0 fully saturated rings. The van der Waals surface area contributed by atoms with Gasteiger partial charge in [-0.15, -0.1) is 5.10 Å². The second kappa shape index (κ2) is 23.0. The van der Waals surface area contributed by atoms with Crippen molar-refractivity contribution in [3.63, 3.8) is 0 Å². The van der Waals surface area contributed by atoms with Gasteiger partial charge in [-0.25, -0.2) is 4.79 Å². The van der Waals surface area contributed by atoms with Gasteiger partial charge >= 0.3 is 6.09 Å². The van der Waals surface area contributed by atoms with E-state index in [1.807, 2.05) is 54.7 Å². The number of ether oxygens (including phenoxy) is 3. The predicted octanol–water partition coefficient (Wildman–Crippen LogP) is 8.83. The third-order valence-electron chi connectivity index (χ3n) is 12.6. The minimum Gasteiger partial charge on any atom is -0.493 e. The van der Waals surface area contributed by atoms with Crippen LogP contribution in [0.25, 0.3) is 43.8 Å². The number of hydrogen-bond donors (Lipinski definition) is 5. The summed E-state index contributed by atoms with van der Waals surface area (Å²) in [6.07, 6.45) is 4.95. The third-order valence-corrected chi connectivity index (χ3v) is 12.6. The number of alkyl carbamates (subject to hydrolysis) is 1. The lowest BCUT2D eigenvalue weighted by molar-refractivity contribution is -0.124. The summed E-state index contributed by atoms with van der Waals surface area (Å²) >= 11 is 0. The molecule has 0 unspecified atom stereocenters. The van der Waals surface area contributed by atoms with E-state index >= 15 is 0 Å². The zero-order valence-corrected chi connectivity index (χ0v) is 39.5. The molecule has 69 heavy (non-hydrogen) atoms. The number of benzene rings is 6. The molecule has 14 heteroatoms. The molecular weight excluding hydrogens is 867 g/mol. The molecule has 0 bridgehead atoms. The average Bonchev–Trinajstić information content (AvgIpc) is 3.94. The lowest BCUT2D eigenvalue weighted by Gasteiger charge is -2.24. The Kier molecular flexibility index (Phi) is 16.0. The zero-order valence-electron chi connectivity index (χ0n) is 39.5. The highest BCUT2D eigenvalue weighted by atomic mass is 16.5. The summed E-state index contributed by atoms with van der Waals surface area (Å²) in [6.45, 7) is 6.37. The number of unbranched alkanes of at least 4 members (excludes halogenated alkanes) is 1. The number of amides is 2. The van der Waals surface area contributed by atoms with Crippen molar-refractivity contribution >= 4 is 39.5 Å². The Balaban J connectivity index is 0.974. The molecule has 1 aliphatic carbocycles. The van der Waals surface area contributed by atoms with Crippen molar-refractivity contribution in [3.05, 3.63) is 144 Å². The van der Waals surface area contributed by atoms with Crippen LogP contribution in [0.5, 0.6) is 11.5 Å². The molecule has 8 rings (SSSR count). The van der Waals surface area contributed by atoms with Gasteiger partial charge in [-0.2, -0.15) is 0 Å². The molecule has 1 heterocycles. The number of nitrogens with two attached hydrogens (primary N) is 3. The number of nitrogens with one attached hydrogen (secondary N) is 2. The summed E-state index contributed by atoms with van der Waals surface area (Å²) in [5, 5.41) is 19.3. The smallest absolute Gasteiger partial charge is 0.407 e. The first kappa shape index (κ1) is 48.0. The Morgan fingerprint density at radius 3 is 1.99 bits per heavy atom. The molecule has 0 aliphatic heterocycles. The van der Waals surface area contributed by atoms with Crippen LogP contribution in [0.15, 0.2) is 133 Å². The second-order valence-corrected chi connectivity index (χ2v) is 18.0. The number of carbonyl (C=O) groups excluding carboxylic acids is 2. The van der Waals surface area contributed by atoms with E-state index in [2.05, 4.69) is 113 Å². The number of guanidine groups is 1. The van der Waals surface area contributed by atoms with Crippen LogP contribution in [0.1, 0.15) is 75.1 Å². The lowest BCUT2D eigenvalue weighted by Crippen LogP contribution is -2.50. The molecular formula is C55H63N9O5. The normalized spacial score (nSPS) is 12.9. The van der Waals surface area contributed by atoms with E-state index in [4.69, 9.17) is 31.4 Å². The molecule has 0 saturated carbocycles. The number of nitrogens with zero attached hydrogens (tertiary/aromatic N) is 4. The third kappa shape index (κ3) is 12.0. The molecule has 0 spiro atoms. The zero-order chi connectivity index (χ0) is 48.1. The SMILES string of the molecule is CC(C)CCOc1ccc2ccccc2c1-c1c(OCc2cn(C[C@@H](CCCCN)NC(=O)[C@@H](CCCN=C(N)N)NC(=O)OCC3c4ccccc4-c4ccccc43)nn2)ccc2ccccc12. The van der Waals surface area contributed by atoms with Crippen molar-refractivity contribution in [3.8, 4) is 33.8 Å². The van der Waals surface area contributed by atoms with E-state index in [1.54, 1.807) is 4.68 Å². The van der Waals surface area contributed by atoms with Crippen LogP contribution >= 0.6 is 0 Å². The molecule has 1 aliphatic rings. The number of aromatic nitrogens is 3. The standard InChI is InChI=1S/C55H63N9O5/c1-36(2)28-31-67-49-26-24-37-14-3-5-17-41(37)51(49)52-42-18-6-4-15-38(42)25-27-50(52)68-34-40-33-64(63-62-40)32-39(16-11-12-29-56)60-53(65)48(23-13-30-59-54(57)58)61-55(66)69-35-47-45-21-9-7-19-43(45)44-20-8-10-22-46(44)47/h3-10,14-15,17-22,24-27,33,36,39,47-48H,11-13,16,23,28-32,34-35,56H2,1-2H3,(H,60,65)(H,61,66)(H4,57,58,59)/t39-,48-/m1/s1. The van der Waals surface area contributed by atoms with E-state index in [-0.39, 0.29) is 50.0 Å². The average molecular weight is 930 g/mol. The van der Waals surface area contributed by atoms with Crippen molar-refractivity contribution in [2.24, 2.45) is 28.1 Å². The molecule has 1 aromatic heterocycles. The van der Waals surface area contributed by atoms with Gasteiger partial charge in [-0.3, -0.25) is 14.5 Å². The molecule has 8 N–H and O–H groups in total. The van der Waals surface area contributed by atoms with Crippen LogP contribution < -0.4 is 37.3 Å². The van der Waals surface area contributed by atoms with Crippen molar-refractivity contribution in [1.82, 2.24) is 25.6 Å². The van der Waals surface area contributed by atoms with Crippen LogP contribution in [-0.4, -0.2) is 71.3 Å². The van der Waals surface area contributed by atoms with E-state index < -0.39 is 12.1 Å². The first-order valence-corrected chi connectivity index (χ1v) is 24.0. The Morgan fingerprint density at radius 2 is 1.35 bits per heavy atom. The molecule has 2 atom stereocenters. The first-order valence-electron chi connectivity index (χ1n) is 24.0. The Morgan fingerprint density at radius 1 is 0.725 bits per heavy atom. The van der Waals surface area contributed by atoms with Gasteiger partial charge < -0.3 is 42.0 Å². The fraction of sp³-hybridized carbons (Fsp3) is 0.327. The highest BCUT2D eigenvalue weighted by Gasteiger charge is 2.30. The van der Waals surface area contributed by atoms with Crippen LogP contribution in [-0.2, 0) is 22.7 Å².